The van der Waals surface area contributed by atoms with E-state index in [1.165, 1.54) is 0 Å². The molecule has 0 aromatic heterocycles. The molecule has 0 saturated carbocycles. The number of hydrogen-bond acceptors (Lipinski definition) is 4. The van der Waals surface area contributed by atoms with Crippen LogP contribution in [0.4, 0.5) is 0 Å². The highest BCUT2D eigenvalue weighted by Gasteiger charge is 2.45. The first-order chi connectivity index (χ1) is 10.4. The molecule has 0 fully saturated rings. The molecule has 0 aliphatic heterocycles. The largest absolute Gasteiger partial charge is 0.465 e. The van der Waals surface area contributed by atoms with E-state index in [1.807, 2.05) is 62.3 Å². The molecule has 0 amide bonds. The summed E-state index contributed by atoms with van der Waals surface area (Å²) < 4.78 is 10.9. The number of esters is 2. The van der Waals surface area contributed by atoms with Crippen molar-refractivity contribution in [2.75, 3.05) is 13.2 Å². The first kappa shape index (κ1) is 21.9. The van der Waals surface area contributed by atoms with Gasteiger partial charge in [0.25, 0.3) is 0 Å². The Labute approximate surface area is 142 Å². The monoisotopic (exact) mass is 328 g/mol. The van der Waals surface area contributed by atoms with Gasteiger partial charge in [0.15, 0.2) is 0 Å². The average Bonchev–Trinajstić information content (AvgIpc) is 2.37. The molecule has 0 aliphatic carbocycles. The summed E-state index contributed by atoms with van der Waals surface area (Å²) in [7, 11) is 0. The topological polar surface area (TPSA) is 52.6 Å². The fourth-order valence-corrected chi connectivity index (χ4v) is 2.52. The summed E-state index contributed by atoms with van der Waals surface area (Å²) in [6.45, 7) is 18.6. The van der Waals surface area contributed by atoms with Crippen LogP contribution in [0.2, 0.25) is 0 Å². The van der Waals surface area contributed by atoms with Crippen molar-refractivity contribution in [3.8, 4) is 0 Å². The van der Waals surface area contributed by atoms with Crippen LogP contribution >= 0.6 is 0 Å². The van der Waals surface area contributed by atoms with Crippen molar-refractivity contribution in [2.24, 2.45) is 35.0 Å². The molecule has 0 N–H and O–H groups in total. The van der Waals surface area contributed by atoms with E-state index in [0.29, 0.717) is 13.2 Å². The summed E-state index contributed by atoms with van der Waals surface area (Å²) in [5.74, 6) is -1.06. The molecule has 0 saturated heterocycles. The minimum Gasteiger partial charge on any atom is -0.465 e. The Bertz CT molecular complexity index is 377. The molecule has 0 spiro atoms. The molecule has 2 atom stereocenters. The second-order valence-corrected chi connectivity index (χ2v) is 8.66. The summed E-state index contributed by atoms with van der Waals surface area (Å²) in [6.07, 6.45) is 0. The summed E-state index contributed by atoms with van der Waals surface area (Å²) in [4.78, 5) is 25.2. The van der Waals surface area contributed by atoms with Crippen LogP contribution in [0, 0.1) is 35.0 Å². The van der Waals surface area contributed by atoms with Crippen LogP contribution in [0.15, 0.2) is 0 Å². The maximum absolute atomic E-state index is 12.7. The maximum Gasteiger partial charge on any atom is 0.310 e. The highest BCUT2D eigenvalue weighted by atomic mass is 16.5. The summed E-state index contributed by atoms with van der Waals surface area (Å²) >= 11 is 0. The van der Waals surface area contributed by atoms with Gasteiger partial charge in [0, 0.05) is 0 Å². The lowest BCUT2D eigenvalue weighted by atomic mass is 9.69. The molecule has 0 aromatic carbocycles. The van der Waals surface area contributed by atoms with E-state index >= 15 is 0 Å². The van der Waals surface area contributed by atoms with Gasteiger partial charge in [0.2, 0.25) is 0 Å². The summed E-state index contributed by atoms with van der Waals surface area (Å²) in [5.41, 5.74) is -0.375. The van der Waals surface area contributed by atoms with Crippen molar-refractivity contribution in [3.05, 3.63) is 0 Å². The second-order valence-electron chi connectivity index (χ2n) is 8.66. The van der Waals surface area contributed by atoms with Gasteiger partial charge in [-0.1, -0.05) is 62.3 Å². The first-order valence-electron chi connectivity index (χ1n) is 8.71. The van der Waals surface area contributed by atoms with Crippen molar-refractivity contribution in [1.82, 2.24) is 0 Å². The van der Waals surface area contributed by atoms with Crippen molar-refractivity contribution >= 4 is 11.9 Å². The van der Waals surface area contributed by atoms with Crippen LogP contribution in [0.5, 0.6) is 0 Å². The predicted octanol–water partition coefficient (Wildman–Crippen LogP) is 4.32. The van der Waals surface area contributed by atoms with Crippen molar-refractivity contribution < 1.29 is 19.1 Å². The zero-order valence-corrected chi connectivity index (χ0v) is 16.4. The van der Waals surface area contributed by atoms with Gasteiger partial charge >= 0.3 is 11.9 Å². The Hall–Kier alpha value is -1.06. The van der Waals surface area contributed by atoms with Crippen LogP contribution < -0.4 is 0 Å². The lowest BCUT2D eigenvalue weighted by Gasteiger charge is -2.36. The van der Waals surface area contributed by atoms with Crippen molar-refractivity contribution in [3.63, 3.8) is 0 Å². The number of carbonyl (C=O) groups excluding carboxylic acids is 2. The van der Waals surface area contributed by atoms with E-state index in [-0.39, 0.29) is 35.1 Å². The third-order valence-corrected chi connectivity index (χ3v) is 3.65. The molecule has 0 radical (unpaired) electrons. The van der Waals surface area contributed by atoms with Gasteiger partial charge in [0.05, 0.1) is 25.0 Å². The van der Waals surface area contributed by atoms with E-state index in [2.05, 4.69) is 0 Å². The average molecular weight is 328 g/mol. The molecule has 0 aliphatic rings. The second kappa shape index (κ2) is 9.29. The number of rotatable bonds is 8. The van der Waals surface area contributed by atoms with E-state index < -0.39 is 11.8 Å². The molecule has 0 heterocycles. The molecule has 0 bridgehead atoms. The van der Waals surface area contributed by atoms with Gasteiger partial charge in [-0.05, 0) is 23.2 Å². The maximum atomic E-state index is 12.7. The lowest BCUT2D eigenvalue weighted by molar-refractivity contribution is -0.169. The smallest absolute Gasteiger partial charge is 0.310 e. The summed E-state index contributed by atoms with van der Waals surface area (Å²) in [5, 5.41) is 0. The molecular weight excluding hydrogens is 292 g/mol. The molecule has 23 heavy (non-hydrogen) atoms. The zero-order valence-electron chi connectivity index (χ0n) is 16.4. The third-order valence-electron chi connectivity index (χ3n) is 3.65. The number of ether oxygens (including phenoxy) is 2. The third kappa shape index (κ3) is 7.85. The van der Waals surface area contributed by atoms with Crippen molar-refractivity contribution in [1.29, 1.82) is 0 Å². The highest BCUT2D eigenvalue weighted by molar-refractivity contribution is 5.83. The van der Waals surface area contributed by atoms with E-state index in [4.69, 9.17) is 9.47 Å². The van der Waals surface area contributed by atoms with Gasteiger partial charge in [0.1, 0.15) is 0 Å². The van der Waals surface area contributed by atoms with Crippen LogP contribution in [-0.2, 0) is 19.1 Å². The van der Waals surface area contributed by atoms with E-state index in [9.17, 15) is 9.59 Å². The Morgan fingerprint density at radius 3 is 1.48 bits per heavy atom. The van der Waals surface area contributed by atoms with Gasteiger partial charge in [-0.25, -0.2) is 0 Å². The fourth-order valence-electron chi connectivity index (χ4n) is 2.52. The van der Waals surface area contributed by atoms with Gasteiger partial charge < -0.3 is 9.47 Å². The number of carbonyl (C=O) groups is 2. The first-order valence-corrected chi connectivity index (χ1v) is 8.71. The summed E-state index contributed by atoms with van der Waals surface area (Å²) in [6, 6.07) is 0. The van der Waals surface area contributed by atoms with Crippen LogP contribution in [0.3, 0.4) is 0 Å². The minimum absolute atomic E-state index is 0.00508. The number of hydrogen-bond donors (Lipinski definition) is 0. The normalized spacial score (nSPS) is 15.0. The quantitative estimate of drug-likeness (QED) is 0.623. The Balaban J connectivity index is 5.35. The van der Waals surface area contributed by atoms with Crippen LogP contribution in [0.1, 0.15) is 62.3 Å². The standard InChI is InChI=1S/C19H36O4/c1-12(2)10-22-17(20)15(14(5)6)16(19(7,8)9)18(21)23-11-13(3)4/h12-16H,10-11H2,1-9H3. The Morgan fingerprint density at radius 2 is 1.17 bits per heavy atom. The molecular formula is C19H36O4. The Morgan fingerprint density at radius 1 is 0.783 bits per heavy atom. The molecule has 0 rings (SSSR count). The molecule has 4 nitrogen and oxygen atoms in total. The Kier molecular flexibility index (Phi) is 8.86. The minimum atomic E-state index is -0.513. The van der Waals surface area contributed by atoms with E-state index in [0.717, 1.165) is 0 Å². The van der Waals surface area contributed by atoms with E-state index in [1.54, 1.807) is 0 Å². The predicted molar refractivity (Wildman–Crippen MR) is 92.9 cm³/mol. The molecule has 136 valence electrons. The van der Waals surface area contributed by atoms with Gasteiger partial charge in [-0.15, -0.1) is 0 Å². The SMILES string of the molecule is CC(C)COC(=O)C(C(C)C)C(C(=O)OCC(C)C)C(C)(C)C. The van der Waals surface area contributed by atoms with Crippen molar-refractivity contribution in [2.45, 2.75) is 62.3 Å². The molecule has 2 unspecified atom stereocenters. The van der Waals surface area contributed by atoms with Crippen LogP contribution in [0.25, 0.3) is 0 Å². The van der Waals surface area contributed by atoms with Gasteiger partial charge in [-0.2, -0.15) is 0 Å². The zero-order chi connectivity index (χ0) is 18.4. The molecule has 4 heteroatoms. The van der Waals surface area contributed by atoms with Crippen LogP contribution in [-0.4, -0.2) is 25.2 Å². The molecule has 0 aromatic rings. The fraction of sp³-hybridized carbons (Fsp3) is 0.895. The highest BCUT2D eigenvalue weighted by Crippen LogP contribution is 2.38. The van der Waals surface area contributed by atoms with Gasteiger partial charge in [-0.3, -0.25) is 9.59 Å². The lowest BCUT2D eigenvalue weighted by Crippen LogP contribution is -2.43.